The van der Waals surface area contributed by atoms with Crippen molar-refractivity contribution in [3.63, 3.8) is 0 Å². The van der Waals surface area contributed by atoms with E-state index >= 15 is 0 Å². The summed E-state index contributed by atoms with van der Waals surface area (Å²) in [4.78, 5) is 12.6. The topological polar surface area (TPSA) is 84.5 Å². The summed E-state index contributed by atoms with van der Waals surface area (Å²) in [5, 5.41) is 5.66. The first kappa shape index (κ1) is 20.5. The van der Waals surface area contributed by atoms with Gasteiger partial charge in [0, 0.05) is 12.8 Å². The zero-order valence-corrected chi connectivity index (χ0v) is 15.0. The maximum absolute atomic E-state index is 12.6. The van der Waals surface area contributed by atoms with Gasteiger partial charge in [0.2, 0.25) is 5.91 Å². The third kappa shape index (κ3) is 5.10. The van der Waals surface area contributed by atoms with Crippen LogP contribution in [0.4, 0.5) is 13.2 Å². The maximum atomic E-state index is 12.6. The molecule has 0 spiro atoms. The number of benzene rings is 1. The van der Waals surface area contributed by atoms with Crippen molar-refractivity contribution in [2.45, 2.75) is 30.3 Å². The minimum absolute atomic E-state index is 0.0587. The second-order valence-corrected chi connectivity index (χ2v) is 8.57. The fourth-order valence-electron chi connectivity index (χ4n) is 2.81. The van der Waals surface area contributed by atoms with Gasteiger partial charge < -0.3 is 15.4 Å². The summed E-state index contributed by atoms with van der Waals surface area (Å²) < 4.78 is 63.8. The van der Waals surface area contributed by atoms with Crippen molar-refractivity contribution in [3.05, 3.63) is 29.8 Å². The van der Waals surface area contributed by atoms with Crippen LogP contribution in [0.1, 0.15) is 18.4 Å². The first-order valence-corrected chi connectivity index (χ1v) is 9.90. The number of halogens is 3. The number of alkyl halides is 3. The Morgan fingerprint density at radius 3 is 2.31 bits per heavy atom. The van der Waals surface area contributed by atoms with E-state index in [0.29, 0.717) is 18.7 Å². The fraction of sp³-hybridized carbons (Fsp3) is 0.562. The quantitative estimate of drug-likeness (QED) is 0.762. The molecule has 0 atom stereocenters. The van der Waals surface area contributed by atoms with E-state index in [9.17, 15) is 26.4 Å². The van der Waals surface area contributed by atoms with Gasteiger partial charge >= 0.3 is 6.18 Å². The van der Waals surface area contributed by atoms with Crippen molar-refractivity contribution >= 4 is 15.7 Å². The van der Waals surface area contributed by atoms with E-state index in [1.807, 2.05) is 0 Å². The number of ether oxygens (including phenoxy) is 1. The van der Waals surface area contributed by atoms with E-state index < -0.39 is 33.3 Å². The lowest BCUT2D eigenvalue weighted by atomic mass is 9.95. The van der Waals surface area contributed by atoms with Crippen LogP contribution in [-0.2, 0) is 21.2 Å². The number of hydrogen-bond donors (Lipinski definition) is 2. The highest BCUT2D eigenvalue weighted by atomic mass is 32.2. The average Bonchev–Trinajstić information content (AvgIpc) is 2.57. The first-order valence-electron chi connectivity index (χ1n) is 8.01. The highest BCUT2D eigenvalue weighted by Crippen LogP contribution is 2.28. The Kier molecular flexibility index (Phi) is 6.17. The maximum Gasteiger partial charge on any atom is 0.422 e. The molecule has 1 aromatic rings. The van der Waals surface area contributed by atoms with E-state index in [1.54, 1.807) is 0 Å². The molecule has 1 amide bonds. The highest BCUT2D eigenvalue weighted by molar-refractivity contribution is 7.92. The van der Waals surface area contributed by atoms with Gasteiger partial charge in [0.25, 0.3) is 0 Å². The molecule has 26 heavy (non-hydrogen) atoms. The van der Waals surface area contributed by atoms with E-state index in [4.69, 9.17) is 0 Å². The second kappa shape index (κ2) is 7.83. The van der Waals surface area contributed by atoms with Gasteiger partial charge in [0.15, 0.2) is 21.2 Å². The molecule has 0 aliphatic carbocycles. The summed E-state index contributed by atoms with van der Waals surface area (Å²) in [6.45, 7) is -0.436. The van der Waals surface area contributed by atoms with Crippen LogP contribution in [0.2, 0.25) is 0 Å². The Hall–Kier alpha value is -1.81. The molecular weight excluding hydrogens is 373 g/mol. The number of sulfone groups is 1. The predicted octanol–water partition coefficient (Wildman–Crippen LogP) is 1.41. The molecular formula is C16H21F3N2O4S. The lowest BCUT2D eigenvalue weighted by molar-refractivity contribution is -0.153. The molecule has 0 unspecified atom stereocenters. The molecule has 2 N–H and O–H groups in total. The second-order valence-electron chi connectivity index (χ2n) is 6.25. The molecule has 0 saturated carbocycles. The molecule has 1 heterocycles. The number of carbonyl (C=O) groups excluding carboxylic acids is 1. The molecule has 1 aliphatic heterocycles. The van der Waals surface area contributed by atoms with Crippen LogP contribution in [0.15, 0.2) is 24.3 Å². The van der Waals surface area contributed by atoms with Crippen molar-refractivity contribution in [1.29, 1.82) is 0 Å². The summed E-state index contributed by atoms with van der Waals surface area (Å²) in [5.74, 6) is -0.498. The summed E-state index contributed by atoms with van der Waals surface area (Å²) >= 11 is 0. The predicted molar refractivity (Wildman–Crippen MR) is 89.5 cm³/mol. The molecule has 1 saturated heterocycles. The molecule has 10 heteroatoms. The molecule has 1 fully saturated rings. The molecule has 0 aromatic heterocycles. The lowest BCUT2D eigenvalue weighted by Crippen LogP contribution is -2.57. The first-order chi connectivity index (χ1) is 12.0. The van der Waals surface area contributed by atoms with Gasteiger partial charge in [0.05, 0.1) is 0 Å². The number of hydrogen-bond acceptors (Lipinski definition) is 5. The van der Waals surface area contributed by atoms with Crippen LogP contribution in [-0.4, -0.2) is 51.2 Å². The van der Waals surface area contributed by atoms with Gasteiger partial charge in [0.1, 0.15) is 5.75 Å². The number of rotatable bonds is 6. The van der Waals surface area contributed by atoms with Crippen molar-refractivity contribution in [1.82, 2.24) is 10.6 Å². The van der Waals surface area contributed by atoms with Crippen LogP contribution < -0.4 is 15.4 Å². The monoisotopic (exact) mass is 394 g/mol. The third-order valence-corrected chi connectivity index (χ3v) is 6.33. The van der Waals surface area contributed by atoms with Crippen LogP contribution in [0.5, 0.6) is 5.75 Å². The summed E-state index contributed by atoms with van der Waals surface area (Å²) in [6.07, 6.45) is -2.96. The zero-order valence-electron chi connectivity index (χ0n) is 14.2. The van der Waals surface area contributed by atoms with Gasteiger partial charge in [-0.25, -0.2) is 8.42 Å². The minimum atomic E-state index is -4.42. The average molecular weight is 394 g/mol. The molecule has 2 rings (SSSR count). The number of carbonyl (C=O) groups is 1. The Labute approximate surface area is 150 Å². The molecule has 6 nitrogen and oxygen atoms in total. The van der Waals surface area contributed by atoms with Gasteiger partial charge in [-0.3, -0.25) is 4.79 Å². The van der Waals surface area contributed by atoms with Crippen molar-refractivity contribution < 1.29 is 31.1 Å². The zero-order chi connectivity index (χ0) is 19.4. The number of piperidine rings is 1. The Balaban J connectivity index is 1.98. The van der Waals surface area contributed by atoms with Crippen LogP contribution in [0.3, 0.4) is 0 Å². The van der Waals surface area contributed by atoms with E-state index in [1.165, 1.54) is 24.3 Å². The Bertz CT molecular complexity index is 727. The van der Waals surface area contributed by atoms with Crippen LogP contribution >= 0.6 is 0 Å². The SMILES string of the molecule is CS(=O)(=O)C1(C(=O)NCc2ccc(OCC(F)(F)F)cc2)CCNCC1. The molecule has 146 valence electrons. The van der Waals surface area contributed by atoms with E-state index in [-0.39, 0.29) is 25.1 Å². The standard InChI is InChI=1S/C16H21F3N2O4S/c1-26(23,24)15(6-8-20-9-7-15)14(22)21-10-12-2-4-13(5-3-12)25-11-16(17,18)19/h2-5,20H,6-11H2,1H3,(H,21,22). The number of nitrogens with one attached hydrogen (secondary N) is 2. The summed E-state index contributed by atoms with van der Waals surface area (Å²) in [6, 6.07) is 5.76. The van der Waals surface area contributed by atoms with Gasteiger partial charge in [-0.15, -0.1) is 0 Å². The smallest absolute Gasteiger partial charge is 0.422 e. The largest absolute Gasteiger partial charge is 0.484 e. The van der Waals surface area contributed by atoms with Crippen molar-refractivity contribution in [3.8, 4) is 5.75 Å². The normalized spacial score (nSPS) is 17.5. The van der Waals surface area contributed by atoms with Crippen molar-refractivity contribution in [2.24, 2.45) is 0 Å². The molecule has 0 bridgehead atoms. The van der Waals surface area contributed by atoms with Gasteiger partial charge in [-0.1, -0.05) is 12.1 Å². The molecule has 0 radical (unpaired) electrons. The molecule has 1 aliphatic rings. The fourth-order valence-corrected chi connectivity index (χ4v) is 4.16. The van der Waals surface area contributed by atoms with E-state index in [2.05, 4.69) is 15.4 Å². The summed E-state index contributed by atoms with van der Waals surface area (Å²) in [5.41, 5.74) is 0.621. The Morgan fingerprint density at radius 1 is 1.23 bits per heavy atom. The highest BCUT2D eigenvalue weighted by Gasteiger charge is 2.48. The third-order valence-electron chi connectivity index (χ3n) is 4.31. The molecule has 1 aromatic carbocycles. The van der Waals surface area contributed by atoms with Crippen molar-refractivity contribution in [2.75, 3.05) is 26.0 Å². The summed E-state index contributed by atoms with van der Waals surface area (Å²) in [7, 11) is -3.60. The van der Waals surface area contributed by atoms with Gasteiger partial charge in [-0.05, 0) is 43.6 Å². The lowest BCUT2D eigenvalue weighted by Gasteiger charge is -2.34. The van der Waals surface area contributed by atoms with E-state index in [0.717, 1.165) is 6.26 Å². The number of amides is 1. The van der Waals surface area contributed by atoms with Gasteiger partial charge in [-0.2, -0.15) is 13.2 Å². The minimum Gasteiger partial charge on any atom is -0.484 e. The van der Waals surface area contributed by atoms with Crippen LogP contribution in [0.25, 0.3) is 0 Å². The van der Waals surface area contributed by atoms with Crippen LogP contribution in [0, 0.1) is 0 Å². The Morgan fingerprint density at radius 2 is 1.81 bits per heavy atom.